The SMILES string of the molecule is CCOC(=O)c1cc2nnnn2c2ccc(C)cc12.CCOC(=O)c1cc2nnnn2c2ccc(C)cc12. The van der Waals surface area contributed by atoms with Crippen molar-refractivity contribution in [3.05, 3.63) is 70.8 Å². The molecule has 2 aromatic carbocycles. The van der Waals surface area contributed by atoms with Crippen molar-refractivity contribution >= 4 is 45.0 Å². The van der Waals surface area contributed by atoms with Gasteiger partial charge in [-0.2, -0.15) is 9.03 Å². The van der Waals surface area contributed by atoms with Crippen LogP contribution in [0.2, 0.25) is 0 Å². The average Bonchev–Trinajstić information content (AvgIpc) is 3.57. The molecule has 0 aliphatic carbocycles. The molecule has 12 heteroatoms. The number of rotatable bonds is 4. The maximum absolute atomic E-state index is 12.0. The number of carbonyl (C=O) groups is 2. The van der Waals surface area contributed by atoms with Gasteiger partial charge in [0, 0.05) is 22.9 Å². The largest absolute Gasteiger partial charge is 0.462 e. The van der Waals surface area contributed by atoms with Crippen molar-refractivity contribution in [3.63, 3.8) is 0 Å². The van der Waals surface area contributed by atoms with Crippen LogP contribution >= 0.6 is 0 Å². The predicted octanol–water partition coefficient (Wildman–Crippen LogP) is 3.53. The van der Waals surface area contributed by atoms with E-state index in [0.29, 0.717) is 35.6 Å². The van der Waals surface area contributed by atoms with E-state index in [1.165, 1.54) is 0 Å². The lowest BCUT2D eigenvalue weighted by Crippen LogP contribution is -2.07. The van der Waals surface area contributed by atoms with E-state index in [0.717, 1.165) is 32.9 Å². The maximum Gasteiger partial charge on any atom is 0.338 e. The highest BCUT2D eigenvalue weighted by atomic mass is 16.5. The molecule has 4 heterocycles. The molecule has 0 N–H and O–H groups in total. The molecule has 4 aromatic heterocycles. The van der Waals surface area contributed by atoms with Gasteiger partial charge >= 0.3 is 11.9 Å². The van der Waals surface area contributed by atoms with E-state index in [1.807, 2.05) is 50.2 Å². The third-order valence-electron chi connectivity index (χ3n) is 5.87. The van der Waals surface area contributed by atoms with Crippen LogP contribution in [-0.4, -0.2) is 65.2 Å². The lowest BCUT2D eigenvalue weighted by molar-refractivity contribution is 0.0519. The summed E-state index contributed by atoms with van der Waals surface area (Å²) in [5, 5.41) is 24.5. The van der Waals surface area contributed by atoms with Gasteiger partial charge in [0.2, 0.25) is 0 Å². The second kappa shape index (κ2) is 10.2. The minimum atomic E-state index is -0.358. The van der Waals surface area contributed by atoms with Gasteiger partial charge in [-0.3, -0.25) is 0 Å². The monoisotopic (exact) mass is 512 g/mol. The molecule has 6 rings (SSSR count). The number of esters is 2. The molecule has 0 atom stereocenters. The van der Waals surface area contributed by atoms with Crippen LogP contribution in [0.25, 0.3) is 33.1 Å². The lowest BCUT2D eigenvalue weighted by atomic mass is 10.1. The molecule has 0 fully saturated rings. The fraction of sp³-hybridized carbons (Fsp3) is 0.231. The minimum Gasteiger partial charge on any atom is -0.462 e. The molecule has 0 bridgehead atoms. The number of aryl methyl sites for hydroxylation is 2. The number of hydrogen-bond donors (Lipinski definition) is 0. The van der Waals surface area contributed by atoms with Crippen LogP contribution in [0.4, 0.5) is 0 Å². The van der Waals surface area contributed by atoms with Gasteiger partial charge in [0.1, 0.15) is 0 Å². The van der Waals surface area contributed by atoms with Crippen molar-refractivity contribution in [2.75, 3.05) is 13.2 Å². The Morgan fingerprint density at radius 1 is 0.684 bits per heavy atom. The Hall–Kier alpha value is -5.00. The van der Waals surface area contributed by atoms with Crippen LogP contribution in [0.15, 0.2) is 48.5 Å². The van der Waals surface area contributed by atoms with Gasteiger partial charge in [0.15, 0.2) is 11.3 Å². The molecule has 0 saturated heterocycles. The third kappa shape index (κ3) is 4.47. The maximum atomic E-state index is 12.0. The number of pyridine rings is 2. The summed E-state index contributed by atoms with van der Waals surface area (Å²) < 4.78 is 13.4. The molecule has 6 aromatic rings. The Kier molecular flexibility index (Phi) is 6.60. The number of tetrazole rings is 2. The summed E-state index contributed by atoms with van der Waals surface area (Å²) in [4.78, 5) is 24.1. The second-order valence-corrected chi connectivity index (χ2v) is 8.50. The normalized spacial score (nSPS) is 11.1. The summed E-state index contributed by atoms with van der Waals surface area (Å²) in [5.41, 5.74) is 5.73. The van der Waals surface area contributed by atoms with Gasteiger partial charge in [-0.25, -0.2) is 9.59 Å². The molecule has 0 spiro atoms. The molecule has 0 unspecified atom stereocenters. The Bertz CT molecular complexity index is 1690. The number of nitrogens with zero attached hydrogens (tertiary/aromatic N) is 8. The first-order valence-corrected chi connectivity index (χ1v) is 12.0. The molecule has 192 valence electrons. The zero-order valence-corrected chi connectivity index (χ0v) is 21.2. The van der Waals surface area contributed by atoms with Gasteiger partial charge < -0.3 is 9.47 Å². The molecule has 0 aliphatic rings. The fourth-order valence-electron chi connectivity index (χ4n) is 4.18. The first-order chi connectivity index (χ1) is 18.4. The quantitative estimate of drug-likeness (QED) is 0.322. The van der Waals surface area contributed by atoms with Crippen molar-refractivity contribution < 1.29 is 19.1 Å². The number of benzene rings is 2. The zero-order chi connectivity index (χ0) is 26.8. The Labute approximate surface area is 216 Å². The van der Waals surface area contributed by atoms with Gasteiger partial charge in [0.05, 0.1) is 35.4 Å². The predicted molar refractivity (Wildman–Crippen MR) is 138 cm³/mol. The molecule has 0 amide bonds. The summed E-state index contributed by atoms with van der Waals surface area (Å²) in [6.07, 6.45) is 0. The summed E-state index contributed by atoms with van der Waals surface area (Å²) in [7, 11) is 0. The molecule has 0 aliphatic heterocycles. The van der Waals surface area contributed by atoms with Gasteiger partial charge in [0.25, 0.3) is 0 Å². The standard InChI is InChI=1S/2C13H12N4O2/c2*1-3-19-13(18)10-7-12-14-15-16-17(12)11-5-4-8(2)6-9(10)11/h2*4-7H,3H2,1-2H3. The number of fused-ring (bicyclic) bond motifs is 6. The first kappa shape index (κ1) is 24.7. The smallest absolute Gasteiger partial charge is 0.338 e. The van der Waals surface area contributed by atoms with Gasteiger partial charge in [-0.15, -0.1) is 10.2 Å². The first-order valence-electron chi connectivity index (χ1n) is 12.0. The van der Waals surface area contributed by atoms with E-state index >= 15 is 0 Å². The molecular weight excluding hydrogens is 488 g/mol. The Balaban J connectivity index is 0.000000155. The topological polar surface area (TPSA) is 139 Å². The van der Waals surface area contributed by atoms with Crippen LogP contribution in [0, 0.1) is 13.8 Å². The van der Waals surface area contributed by atoms with Crippen molar-refractivity contribution in [2.24, 2.45) is 0 Å². The number of aromatic nitrogens is 8. The van der Waals surface area contributed by atoms with Crippen molar-refractivity contribution in [1.82, 2.24) is 40.1 Å². The van der Waals surface area contributed by atoms with Crippen molar-refractivity contribution in [1.29, 1.82) is 0 Å². The summed E-state index contributed by atoms with van der Waals surface area (Å²) in [6, 6.07) is 14.9. The third-order valence-corrected chi connectivity index (χ3v) is 5.87. The van der Waals surface area contributed by atoms with Crippen LogP contribution < -0.4 is 0 Å². The second-order valence-electron chi connectivity index (χ2n) is 8.50. The van der Waals surface area contributed by atoms with E-state index in [1.54, 1.807) is 35.0 Å². The van der Waals surface area contributed by atoms with E-state index in [9.17, 15) is 9.59 Å². The van der Waals surface area contributed by atoms with E-state index in [4.69, 9.17) is 9.47 Å². The van der Waals surface area contributed by atoms with Crippen LogP contribution in [0.5, 0.6) is 0 Å². The molecule has 0 saturated carbocycles. The molecular formula is C26H24N8O4. The summed E-state index contributed by atoms with van der Waals surface area (Å²) in [6.45, 7) is 8.17. The lowest BCUT2D eigenvalue weighted by Gasteiger charge is -2.07. The minimum absolute atomic E-state index is 0.336. The van der Waals surface area contributed by atoms with Crippen LogP contribution in [-0.2, 0) is 9.47 Å². The van der Waals surface area contributed by atoms with Gasteiger partial charge in [-0.1, -0.05) is 23.3 Å². The Morgan fingerprint density at radius 3 is 1.50 bits per heavy atom. The average molecular weight is 513 g/mol. The van der Waals surface area contributed by atoms with Crippen LogP contribution in [0.1, 0.15) is 45.7 Å². The fourth-order valence-corrected chi connectivity index (χ4v) is 4.18. The zero-order valence-electron chi connectivity index (χ0n) is 21.2. The van der Waals surface area contributed by atoms with Gasteiger partial charge in [-0.05, 0) is 72.8 Å². The molecule has 12 nitrogen and oxygen atoms in total. The Morgan fingerprint density at radius 2 is 1.11 bits per heavy atom. The summed E-state index contributed by atoms with van der Waals surface area (Å²) >= 11 is 0. The number of carbonyl (C=O) groups excluding carboxylic acids is 2. The van der Waals surface area contributed by atoms with E-state index in [2.05, 4.69) is 31.1 Å². The van der Waals surface area contributed by atoms with E-state index in [-0.39, 0.29) is 11.9 Å². The van der Waals surface area contributed by atoms with Crippen molar-refractivity contribution in [3.8, 4) is 0 Å². The highest BCUT2D eigenvalue weighted by molar-refractivity contribution is 6.05. The highest BCUT2D eigenvalue weighted by Crippen LogP contribution is 2.23. The summed E-state index contributed by atoms with van der Waals surface area (Å²) in [5.74, 6) is -0.716. The highest BCUT2D eigenvalue weighted by Gasteiger charge is 2.17. The molecule has 0 radical (unpaired) electrons. The molecule has 38 heavy (non-hydrogen) atoms. The number of ether oxygens (including phenoxy) is 2. The van der Waals surface area contributed by atoms with E-state index < -0.39 is 0 Å². The van der Waals surface area contributed by atoms with Crippen molar-refractivity contribution in [2.45, 2.75) is 27.7 Å². The number of hydrogen-bond acceptors (Lipinski definition) is 10. The van der Waals surface area contributed by atoms with Crippen LogP contribution in [0.3, 0.4) is 0 Å².